The molecule has 1 fully saturated rings. The molecule has 122 valence electrons. The minimum atomic E-state index is -4.49. The zero-order chi connectivity index (χ0) is 16.3. The Morgan fingerprint density at radius 1 is 1.41 bits per heavy atom. The molecule has 5 nitrogen and oxygen atoms in total. The normalized spacial score (nSPS) is 22.5. The SMILES string of the molecule is C[C@H]1CN(C(=O)c2cccnc2OCC(F)(F)F)C[C@H](C)O1. The molecular formula is C14H17F3N2O3. The highest BCUT2D eigenvalue weighted by Gasteiger charge is 2.31. The number of carbonyl (C=O) groups is 1. The van der Waals surface area contributed by atoms with Gasteiger partial charge >= 0.3 is 6.18 Å². The van der Waals surface area contributed by atoms with Gasteiger partial charge in [0.25, 0.3) is 5.91 Å². The highest BCUT2D eigenvalue weighted by molar-refractivity contribution is 5.96. The van der Waals surface area contributed by atoms with Crippen LogP contribution in [0.1, 0.15) is 24.2 Å². The van der Waals surface area contributed by atoms with Crippen LogP contribution in [-0.2, 0) is 4.74 Å². The van der Waals surface area contributed by atoms with Crippen molar-refractivity contribution < 1.29 is 27.4 Å². The van der Waals surface area contributed by atoms with Gasteiger partial charge in [0, 0.05) is 19.3 Å². The largest absolute Gasteiger partial charge is 0.467 e. The number of ether oxygens (including phenoxy) is 2. The van der Waals surface area contributed by atoms with Gasteiger partial charge in [-0.05, 0) is 26.0 Å². The van der Waals surface area contributed by atoms with E-state index in [0.29, 0.717) is 13.1 Å². The first kappa shape index (κ1) is 16.5. The van der Waals surface area contributed by atoms with E-state index in [0.717, 1.165) is 0 Å². The zero-order valence-corrected chi connectivity index (χ0v) is 12.3. The number of halogens is 3. The average molecular weight is 318 g/mol. The zero-order valence-electron chi connectivity index (χ0n) is 12.3. The summed E-state index contributed by atoms with van der Waals surface area (Å²) in [5.41, 5.74) is 0.0213. The summed E-state index contributed by atoms with van der Waals surface area (Å²) < 4.78 is 47.0. The molecule has 22 heavy (non-hydrogen) atoms. The molecule has 0 aromatic carbocycles. The maximum absolute atomic E-state index is 12.5. The fourth-order valence-electron chi connectivity index (χ4n) is 2.33. The van der Waals surface area contributed by atoms with Crippen molar-refractivity contribution in [1.82, 2.24) is 9.88 Å². The van der Waals surface area contributed by atoms with Gasteiger partial charge in [-0.3, -0.25) is 4.79 Å². The van der Waals surface area contributed by atoms with Crippen LogP contribution in [0.5, 0.6) is 5.88 Å². The molecule has 0 aliphatic carbocycles. The van der Waals surface area contributed by atoms with Crippen molar-refractivity contribution in [2.75, 3.05) is 19.7 Å². The molecule has 1 aromatic rings. The predicted octanol–water partition coefficient (Wildman–Crippen LogP) is 2.27. The number of alkyl halides is 3. The Hall–Kier alpha value is -1.83. The molecule has 1 amide bonds. The Morgan fingerprint density at radius 2 is 2.05 bits per heavy atom. The van der Waals surface area contributed by atoms with E-state index in [-0.39, 0.29) is 23.7 Å². The van der Waals surface area contributed by atoms with Gasteiger partial charge in [-0.15, -0.1) is 0 Å². The van der Waals surface area contributed by atoms with Crippen molar-refractivity contribution >= 4 is 5.91 Å². The first-order valence-electron chi connectivity index (χ1n) is 6.85. The van der Waals surface area contributed by atoms with Gasteiger partial charge < -0.3 is 14.4 Å². The summed E-state index contributed by atoms with van der Waals surface area (Å²) in [5.74, 6) is -0.719. The molecule has 0 N–H and O–H groups in total. The summed E-state index contributed by atoms with van der Waals surface area (Å²) in [7, 11) is 0. The number of carbonyl (C=O) groups excluding carboxylic acids is 1. The smallest absolute Gasteiger partial charge is 0.422 e. The predicted molar refractivity (Wildman–Crippen MR) is 71.7 cm³/mol. The Balaban J connectivity index is 2.15. The number of pyridine rings is 1. The molecule has 2 rings (SSSR count). The van der Waals surface area contributed by atoms with E-state index in [4.69, 9.17) is 4.74 Å². The molecule has 2 atom stereocenters. The van der Waals surface area contributed by atoms with Crippen LogP contribution in [0.3, 0.4) is 0 Å². The standard InChI is InChI=1S/C14H17F3N2O3/c1-9-6-19(7-10(2)22-9)13(20)11-4-3-5-18-12(11)21-8-14(15,16)17/h3-5,9-10H,6-8H2,1-2H3/t9-,10-/m0/s1. The van der Waals surface area contributed by atoms with E-state index in [9.17, 15) is 18.0 Å². The number of hydrogen-bond donors (Lipinski definition) is 0. The lowest BCUT2D eigenvalue weighted by molar-refractivity contribution is -0.154. The van der Waals surface area contributed by atoms with Gasteiger partial charge in [0.1, 0.15) is 5.56 Å². The Labute approximate surface area is 126 Å². The molecule has 1 aliphatic rings. The molecule has 1 aliphatic heterocycles. The molecular weight excluding hydrogens is 301 g/mol. The van der Waals surface area contributed by atoms with Crippen LogP contribution in [0.15, 0.2) is 18.3 Å². The Kier molecular flexibility index (Phi) is 4.90. The fraction of sp³-hybridized carbons (Fsp3) is 0.571. The first-order chi connectivity index (χ1) is 10.3. The van der Waals surface area contributed by atoms with E-state index in [1.807, 2.05) is 13.8 Å². The topological polar surface area (TPSA) is 51.7 Å². The van der Waals surface area contributed by atoms with Crippen LogP contribution in [0.2, 0.25) is 0 Å². The van der Waals surface area contributed by atoms with Crippen LogP contribution < -0.4 is 4.74 Å². The van der Waals surface area contributed by atoms with Crippen molar-refractivity contribution in [3.63, 3.8) is 0 Å². The third-order valence-electron chi connectivity index (χ3n) is 3.08. The van der Waals surface area contributed by atoms with Crippen LogP contribution in [0.4, 0.5) is 13.2 Å². The highest BCUT2D eigenvalue weighted by Crippen LogP contribution is 2.22. The minimum Gasteiger partial charge on any atom is -0.467 e. The maximum atomic E-state index is 12.5. The second-order valence-corrected chi connectivity index (χ2v) is 5.23. The molecule has 1 saturated heterocycles. The van der Waals surface area contributed by atoms with Gasteiger partial charge in [0.2, 0.25) is 5.88 Å². The van der Waals surface area contributed by atoms with E-state index >= 15 is 0 Å². The van der Waals surface area contributed by atoms with Gasteiger partial charge in [-0.2, -0.15) is 13.2 Å². The summed E-state index contributed by atoms with van der Waals surface area (Å²) in [6, 6.07) is 2.90. The Morgan fingerprint density at radius 3 is 2.64 bits per heavy atom. The summed E-state index contributed by atoms with van der Waals surface area (Å²) in [6.07, 6.45) is -3.47. The van der Waals surface area contributed by atoms with Gasteiger partial charge in [-0.1, -0.05) is 0 Å². The monoisotopic (exact) mass is 318 g/mol. The molecule has 0 spiro atoms. The number of rotatable bonds is 3. The number of amides is 1. The van der Waals surface area contributed by atoms with Crippen molar-refractivity contribution in [3.8, 4) is 5.88 Å². The van der Waals surface area contributed by atoms with E-state index < -0.39 is 18.7 Å². The molecule has 2 heterocycles. The number of aromatic nitrogens is 1. The summed E-state index contributed by atoms with van der Waals surface area (Å²) in [4.78, 5) is 17.8. The van der Waals surface area contributed by atoms with Crippen molar-refractivity contribution in [2.45, 2.75) is 32.2 Å². The lowest BCUT2D eigenvalue weighted by Crippen LogP contribution is -2.48. The van der Waals surface area contributed by atoms with E-state index in [1.165, 1.54) is 23.2 Å². The van der Waals surface area contributed by atoms with E-state index in [2.05, 4.69) is 9.72 Å². The number of morpholine rings is 1. The quantitative estimate of drug-likeness (QED) is 0.858. The number of hydrogen-bond acceptors (Lipinski definition) is 4. The third-order valence-corrected chi connectivity index (χ3v) is 3.08. The molecule has 1 aromatic heterocycles. The molecule has 0 saturated carbocycles. The highest BCUT2D eigenvalue weighted by atomic mass is 19.4. The second kappa shape index (κ2) is 6.51. The Bertz CT molecular complexity index is 526. The minimum absolute atomic E-state index is 0.0213. The molecule has 8 heteroatoms. The van der Waals surface area contributed by atoms with E-state index in [1.54, 1.807) is 0 Å². The molecule has 0 unspecified atom stereocenters. The summed E-state index contributed by atoms with van der Waals surface area (Å²) in [5, 5.41) is 0. The van der Waals surface area contributed by atoms with Crippen LogP contribution in [-0.4, -0.2) is 53.9 Å². The first-order valence-corrected chi connectivity index (χ1v) is 6.85. The van der Waals surface area contributed by atoms with Crippen molar-refractivity contribution in [1.29, 1.82) is 0 Å². The molecule has 0 radical (unpaired) electrons. The summed E-state index contributed by atoms with van der Waals surface area (Å²) in [6.45, 7) is 2.92. The lowest BCUT2D eigenvalue weighted by atomic mass is 10.2. The third kappa shape index (κ3) is 4.33. The maximum Gasteiger partial charge on any atom is 0.422 e. The fourth-order valence-corrected chi connectivity index (χ4v) is 2.33. The van der Waals surface area contributed by atoms with Gasteiger partial charge in [0.15, 0.2) is 6.61 Å². The van der Waals surface area contributed by atoms with Crippen molar-refractivity contribution in [3.05, 3.63) is 23.9 Å². The van der Waals surface area contributed by atoms with Gasteiger partial charge in [-0.25, -0.2) is 4.98 Å². The average Bonchev–Trinajstić information content (AvgIpc) is 2.43. The lowest BCUT2D eigenvalue weighted by Gasteiger charge is -2.35. The summed E-state index contributed by atoms with van der Waals surface area (Å²) >= 11 is 0. The molecule has 0 bridgehead atoms. The van der Waals surface area contributed by atoms with Crippen LogP contribution in [0.25, 0.3) is 0 Å². The van der Waals surface area contributed by atoms with Crippen molar-refractivity contribution in [2.24, 2.45) is 0 Å². The number of nitrogens with zero attached hydrogens (tertiary/aromatic N) is 2. The van der Waals surface area contributed by atoms with Crippen LogP contribution in [0, 0.1) is 0 Å². The van der Waals surface area contributed by atoms with Crippen LogP contribution >= 0.6 is 0 Å². The second-order valence-electron chi connectivity index (χ2n) is 5.23. The van der Waals surface area contributed by atoms with Gasteiger partial charge in [0.05, 0.1) is 12.2 Å².